The maximum absolute atomic E-state index is 8.52. The Bertz CT molecular complexity index is 249. The van der Waals surface area contributed by atoms with Gasteiger partial charge in [-0.15, -0.1) is 0 Å². The molecule has 0 aliphatic heterocycles. The number of rotatable bonds is 25. The Kier molecular flexibility index (Phi) is 27.2. The smallest absolute Gasteiger partial charge is 0.0701 e. The summed E-state index contributed by atoms with van der Waals surface area (Å²) in [7, 11) is 0. The molecular weight excluding hydrogens is 440 g/mol. The molecule has 0 heterocycles. The number of alkyl halides is 1. The molecule has 0 fully saturated rings. The van der Waals surface area contributed by atoms with Crippen LogP contribution in [0.25, 0.3) is 0 Å². The summed E-state index contributed by atoms with van der Waals surface area (Å²) in [6, 6.07) is 0. The molecule has 9 nitrogen and oxygen atoms in total. The van der Waals surface area contributed by atoms with Crippen molar-refractivity contribution in [1.82, 2.24) is 0 Å². The second kappa shape index (κ2) is 27.1. The summed E-state index contributed by atoms with van der Waals surface area (Å²) < 4.78 is 42.5. The number of hydrogen-bond acceptors (Lipinski definition) is 9. The zero-order valence-electron chi connectivity index (χ0n) is 16.8. The molecule has 0 saturated carbocycles. The lowest BCUT2D eigenvalue weighted by Gasteiger charge is -2.08. The first kappa shape index (κ1) is 28.1. The molecule has 0 spiro atoms. The van der Waals surface area contributed by atoms with E-state index >= 15 is 0 Å². The van der Waals surface area contributed by atoms with Gasteiger partial charge in [-0.3, -0.25) is 0 Å². The van der Waals surface area contributed by atoms with E-state index in [4.69, 9.17) is 43.0 Å². The van der Waals surface area contributed by atoms with E-state index in [0.29, 0.717) is 106 Å². The minimum atomic E-state index is 0.0339. The van der Waals surface area contributed by atoms with E-state index < -0.39 is 0 Å². The first-order chi connectivity index (χ1) is 13.9. The van der Waals surface area contributed by atoms with Crippen molar-refractivity contribution in [2.45, 2.75) is 0 Å². The zero-order valence-corrected chi connectivity index (χ0v) is 18.4. The third-order valence-electron chi connectivity index (χ3n) is 3.06. The summed E-state index contributed by atoms with van der Waals surface area (Å²) in [6.07, 6.45) is 0. The molecule has 170 valence electrons. The minimum absolute atomic E-state index is 0.0339. The van der Waals surface area contributed by atoms with Crippen LogP contribution in [-0.4, -0.2) is 123 Å². The van der Waals surface area contributed by atoms with Crippen molar-refractivity contribution in [2.24, 2.45) is 0 Å². The standard InChI is InChI=1S/C18H37BrO9/c19-1-3-21-5-7-23-9-11-25-13-15-27-17-18-28-16-14-26-12-10-24-8-6-22-4-2-20/h20H,1-18H2. The second-order valence-corrected chi connectivity index (χ2v) is 6.10. The molecule has 0 radical (unpaired) electrons. The first-order valence-corrected chi connectivity index (χ1v) is 10.8. The monoisotopic (exact) mass is 476 g/mol. The Morgan fingerprint density at radius 2 is 0.571 bits per heavy atom. The van der Waals surface area contributed by atoms with Gasteiger partial charge in [0.2, 0.25) is 0 Å². The maximum atomic E-state index is 8.52. The molecule has 0 aromatic heterocycles. The highest BCUT2D eigenvalue weighted by Gasteiger charge is 1.94. The van der Waals surface area contributed by atoms with Gasteiger partial charge >= 0.3 is 0 Å². The lowest BCUT2D eigenvalue weighted by Crippen LogP contribution is -2.15. The van der Waals surface area contributed by atoms with Crippen LogP contribution in [0.2, 0.25) is 0 Å². The third kappa shape index (κ3) is 26.1. The quantitative estimate of drug-likeness (QED) is 0.149. The molecule has 0 amide bonds. The van der Waals surface area contributed by atoms with Crippen molar-refractivity contribution in [1.29, 1.82) is 0 Å². The fourth-order valence-electron chi connectivity index (χ4n) is 1.76. The van der Waals surface area contributed by atoms with E-state index in [1.54, 1.807) is 0 Å². The molecule has 0 unspecified atom stereocenters. The molecular formula is C18H37BrO9. The normalized spacial score (nSPS) is 11.4. The van der Waals surface area contributed by atoms with Gasteiger partial charge in [0.05, 0.1) is 112 Å². The van der Waals surface area contributed by atoms with Crippen LogP contribution in [0.3, 0.4) is 0 Å². The van der Waals surface area contributed by atoms with Crippen LogP contribution in [0.5, 0.6) is 0 Å². The van der Waals surface area contributed by atoms with Gasteiger partial charge < -0.3 is 43.0 Å². The average molecular weight is 477 g/mol. The van der Waals surface area contributed by atoms with Crippen LogP contribution in [0.4, 0.5) is 0 Å². The zero-order chi connectivity index (χ0) is 20.4. The lowest BCUT2D eigenvalue weighted by atomic mass is 10.6. The Hall–Kier alpha value is 0.120. The SMILES string of the molecule is OCCOCCOCCOCCOCCOCCOCCOCCOCCBr. The Labute approximate surface area is 177 Å². The van der Waals surface area contributed by atoms with Crippen LogP contribution >= 0.6 is 15.9 Å². The minimum Gasteiger partial charge on any atom is -0.394 e. The van der Waals surface area contributed by atoms with E-state index in [1.165, 1.54) is 0 Å². The van der Waals surface area contributed by atoms with Crippen LogP contribution in [-0.2, 0) is 37.9 Å². The van der Waals surface area contributed by atoms with Crippen molar-refractivity contribution >= 4 is 15.9 Å². The van der Waals surface area contributed by atoms with Crippen LogP contribution < -0.4 is 0 Å². The van der Waals surface area contributed by atoms with Crippen molar-refractivity contribution in [3.05, 3.63) is 0 Å². The van der Waals surface area contributed by atoms with Gasteiger partial charge in [0.15, 0.2) is 0 Å². The highest BCUT2D eigenvalue weighted by Crippen LogP contribution is 1.86. The van der Waals surface area contributed by atoms with Crippen LogP contribution in [0.15, 0.2) is 0 Å². The van der Waals surface area contributed by atoms with Gasteiger partial charge in [-0.2, -0.15) is 0 Å². The van der Waals surface area contributed by atoms with Gasteiger partial charge in [-0.25, -0.2) is 0 Å². The largest absolute Gasteiger partial charge is 0.394 e. The summed E-state index contributed by atoms with van der Waals surface area (Å²) in [5.41, 5.74) is 0. The Morgan fingerprint density at radius 1 is 0.357 bits per heavy atom. The van der Waals surface area contributed by atoms with Crippen LogP contribution in [0, 0.1) is 0 Å². The highest BCUT2D eigenvalue weighted by molar-refractivity contribution is 9.09. The molecule has 0 aromatic rings. The number of hydrogen-bond donors (Lipinski definition) is 1. The lowest BCUT2D eigenvalue weighted by molar-refractivity contribution is -0.0235. The summed E-state index contributed by atoms with van der Waals surface area (Å²) in [4.78, 5) is 0. The van der Waals surface area contributed by atoms with Gasteiger partial charge in [0, 0.05) is 5.33 Å². The van der Waals surface area contributed by atoms with E-state index in [9.17, 15) is 0 Å². The average Bonchev–Trinajstić information content (AvgIpc) is 2.71. The van der Waals surface area contributed by atoms with Crippen molar-refractivity contribution < 1.29 is 43.0 Å². The molecule has 0 aliphatic rings. The summed E-state index contributed by atoms with van der Waals surface area (Å²) in [5, 5.41) is 9.37. The van der Waals surface area contributed by atoms with E-state index in [2.05, 4.69) is 15.9 Å². The Morgan fingerprint density at radius 3 is 0.786 bits per heavy atom. The predicted octanol–water partition coefficient (Wildman–Crippen LogP) is 0.506. The summed E-state index contributed by atoms with van der Waals surface area (Å²) in [6.45, 7) is 8.57. The molecule has 0 aromatic carbocycles. The second-order valence-electron chi connectivity index (χ2n) is 5.31. The highest BCUT2D eigenvalue weighted by atomic mass is 79.9. The van der Waals surface area contributed by atoms with E-state index in [-0.39, 0.29) is 6.61 Å². The van der Waals surface area contributed by atoms with Gasteiger partial charge in [0.1, 0.15) is 0 Å². The topological polar surface area (TPSA) is 94.1 Å². The van der Waals surface area contributed by atoms with Crippen molar-refractivity contribution in [3.63, 3.8) is 0 Å². The number of aliphatic hydroxyl groups is 1. The van der Waals surface area contributed by atoms with Gasteiger partial charge in [-0.1, -0.05) is 15.9 Å². The van der Waals surface area contributed by atoms with Crippen molar-refractivity contribution in [2.75, 3.05) is 118 Å². The molecule has 10 heteroatoms. The van der Waals surface area contributed by atoms with Gasteiger partial charge in [0.25, 0.3) is 0 Å². The van der Waals surface area contributed by atoms with Crippen LogP contribution in [0.1, 0.15) is 0 Å². The fraction of sp³-hybridized carbons (Fsp3) is 1.00. The predicted molar refractivity (Wildman–Crippen MR) is 107 cm³/mol. The van der Waals surface area contributed by atoms with Gasteiger partial charge in [-0.05, 0) is 0 Å². The molecule has 1 N–H and O–H groups in total. The van der Waals surface area contributed by atoms with E-state index in [0.717, 1.165) is 5.33 Å². The molecule has 0 saturated heterocycles. The maximum Gasteiger partial charge on any atom is 0.0701 e. The molecule has 0 atom stereocenters. The molecule has 28 heavy (non-hydrogen) atoms. The molecule has 0 aliphatic carbocycles. The Balaban J connectivity index is 2.96. The van der Waals surface area contributed by atoms with E-state index in [1.807, 2.05) is 0 Å². The van der Waals surface area contributed by atoms with Crippen molar-refractivity contribution in [3.8, 4) is 0 Å². The number of ether oxygens (including phenoxy) is 8. The third-order valence-corrected chi connectivity index (χ3v) is 3.38. The number of aliphatic hydroxyl groups excluding tert-OH is 1. The first-order valence-electron chi connectivity index (χ1n) is 9.70. The number of halogens is 1. The molecule has 0 bridgehead atoms. The summed E-state index contributed by atoms with van der Waals surface area (Å²) in [5.74, 6) is 0. The summed E-state index contributed by atoms with van der Waals surface area (Å²) >= 11 is 3.29. The molecule has 0 rings (SSSR count). The fourth-order valence-corrected chi connectivity index (χ4v) is 1.99.